The first kappa shape index (κ1) is 14.0. The van der Waals surface area contributed by atoms with Gasteiger partial charge in [0.1, 0.15) is 21.9 Å². The van der Waals surface area contributed by atoms with Gasteiger partial charge in [0, 0.05) is 4.88 Å². The second-order valence-electron chi connectivity index (χ2n) is 4.64. The number of nitrogens with one attached hydrogen (secondary N) is 1. The van der Waals surface area contributed by atoms with Gasteiger partial charge in [0.2, 0.25) is 0 Å². The zero-order valence-electron chi connectivity index (χ0n) is 11.5. The van der Waals surface area contributed by atoms with E-state index >= 15 is 0 Å². The maximum atomic E-state index is 11.2. The van der Waals surface area contributed by atoms with Crippen LogP contribution in [0.2, 0.25) is 0 Å². The van der Waals surface area contributed by atoms with Gasteiger partial charge < -0.3 is 10.4 Å². The summed E-state index contributed by atoms with van der Waals surface area (Å²) in [6.07, 6.45) is 1.47. The Morgan fingerprint density at radius 2 is 2.19 bits per heavy atom. The van der Waals surface area contributed by atoms with Crippen LogP contribution in [0.15, 0.2) is 17.8 Å². The summed E-state index contributed by atoms with van der Waals surface area (Å²) in [5, 5.41) is 15.4. The van der Waals surface area contributed by atoms with E-state index < -0.39 is 5.97 Å². The van der Waals surface area contributed by atoms with Gasteiger partial charge in [0.25, 0.3) is 0 Å². The first-order valence-corrected chi connectivity index (χ1v) is 8.01. The predicted molar refractivity (Wildman–Crippen MR) is 85.5 cm³/mol. The molecule has 2 N–H and O–H groups in total. The minimum Gasteiger partial charge on any atom is -0.477 e. The fourth-order valence-corrected chi connectivity index (χ4v) is 3.99. The van der Waals surface area contributed by atoms with E-state index in [-0.39, 0.29) is 0 Å². The molecule has 0 amide bonds. The molecule has 0 aliphatic carbocycles. The number of aromatic carboxylic acids is 1. The van der Waals surface area contributed by atoms with Crippen molar-refractivity contribution in [1.29, 1.82) is 0 Å². The van der Waals surface area contributed by atoms with Crippen molar-refractivity contribution in [2.24, 2.45) is 0 Å². The van der Waals surface area contributed by atoms with Gasteiger partial charge in [0.15, 0.2) is 0 Å². The quantitative estimate of drug-likeness (QED) is 0.767. The third-order valence-electron chi connectivity index (χ3n) is 3.31. The molecule has 0 aliphatic rings. The van der Waals surface area contributed by atoms with E-state index in [0.29, 0.717) is 27.6 Å². The number of carboxylic acids is 1. The highest BCUT2D eigenvalue weighted by molar-refractivity contribution is 7.20. The first-order valence-electron chi connectivity index (χ1n) is 6.32. The number of carboxylic acid groups (broad SMARTS) is 1. The van der Waals surface area contributed by atoms with Gasteiger partial charge >= 0.3 is 5.97 Å². The third kappa shape index (κ3) is 2.50. The van der Waals surface area contributed by atoms with E-state index in [4.69, 9.17) is 0 Å². The molecule has 0 spiro atoms. The molecule has 3 heterocycles. The molecule has 3 rings (SSSR count). The Kier molecular flexibility index (Phi) is 3.60. The summed E-state index contributed by atoms with van der Waals surface area (Å²) in [5.74, 6) is -0.232. The summed E-state index contributed by atoms with van der Waals surface area (Å²) in [5.41, 5.74) is 1.96. The number of nitrogens with zero attached hydrogens (tertiary/aromatic N) is 2. The lowest BCUT2D eigenvalue weighted by molar-refractivity contribution is 0.0701. The van der Waals surface area contributed by atoms with E-state index in [1.54, 1.807) is 18.3 Å². The van der Waals surface area contributed by atoms with Crippen molar-refractivity contribution in [3.05, 3.63) is 38.7 Å². The molecule has 0 saturated carbocycles. The van der Waals surface area contributed by atoms with Crippen LogP contribution in [0.5, 0.6) is 0 Å². The Hall–Kier alpha value is -1.99. The highest BCUT2D eigenvalue weighted by Crippen LogP contribution is 2.33. The Balaban J connectivity index is 1.99. The van der Waals surface area contributed by atoms with Crippen LogP contribution in [0.3, 0.4) is 0 Å². The van der Waals surface area contributed by atoms with Crippen LogP contribution in [0.4, 0.5) is 5.82 Å². The van der Waals surface area contributed by atoms with Crippen LogP contribution < -0.4 is 5.32 Å². The number of rotatable bonds is 4. The molecule has 5 nitrogen and oxygen atoms in total. The van der Waals surface area contributed by atoms with Crippen molar-refractivity contribution >= 4 is 44.7 Å². The number of thiophene rings is 2. The molecule has 0 unspecified atom stereocenters. The summed E-state index contributed by atoms with van der Waals surface area (Å²) < 4.78 is 0. The maximum Gasteiger partial charge on any atom is 0.346 e. The van der Waals surface area contributed by atoms with Crippen LogP contribution >= 0.6 is 22.7 Å². The van der Waals surface area contributed by atoms with E-state index in [1.807, 2.05) is 0 Å². The Labute approximate surface area is 129 Å². The lowest BCUT2D eigenvalue weighted by Gasteiger charge is -2.06. The highest BCUT2D eigenvalue weighted by atomic mass is 32.1. The molecule has 108 valence electrons. The van der Waals surface area contributed by atoms with Crippen molar-refractivity contribution in [3.8, 4) is 0 Å². The minimum absolute atomic E-state index is 0.320. The van der Waals surface area contributed by atoms with Crippen LogP contribution in [0, 0.1) is 13.8 Å². The fourth-order valence-electron chi connectivity index (χ4n) is 2.16. The van der Waals surface area contributed by atoms with Gasteiger partial charge in [-0.2, -0.15) is 0 Å². The summed E-state index contributed by atoms with van der Waals surface area (Å²) in [6.45, 7) is 4.54. The normalized spacial score (nSPS) is 11.0. The molecular formula is C14H13N3O2S2. The Morgan fingerprint density at radius 3 is 2.86 bits per heavy atom. The molecule has 0 fully saturated rings. The summed E-state index contributed by atoms with van der Waals surface area (Å²) >= 11 is 2.88. The molecule has 0 saturated heterocycles. The second kappa shape index (κ2) is 5.42. The zero-order valence-corrected chi connectivity index (χ0v) is 13.1. The van der Waals surface area contributed by atoms with Crippen molar-refractivity contribution in [3.63, 3.8) is 0 Å². The average Bonchev–Trinajstić information content (AvgIpc) is 3.01. The second-order valence-corrected chi connectivity index (χ2v) is 6.64. The average molecular weight is 319 g/mol. The molecule has 0 bridgehead atoms. The number of hydrogen-bond donors (Lipinski definition) is 2. The highest BCUT2D eigenvalue weighted by Gasteiger charge is 2.18. The van der Waals surface area contributed by atoms with E-state index in [2.05, 4.69) is 33.7 Å². The number of aromatic nitrogens is 2. The van der Waals surface area contributed by atoms with E-state index in [9.17, 15) is 9.90 Å². The lowest BCUT2D eigenvalue weighted by atomic mass is 10.2. The SMILES string of the molecule is Cc1ccsc1CNc1ncnc2sc(C(=O)O)c(C)c12. The van der Waals surface area contributed by atoms with Gasteiger partial charge in [-0.15, -0.1) is 22.7 Å². The standard InChI is InChI=1S/C14H13N3O2S2/c1-7-3-4-20-9(7)5-15-12-10-8(2)11(14(18)19)21-13(10)17-6-16-12/h3-4,6H,5H2,1-2H3,(H,18,19)(H,15,16,17). The topological polar surface area (TPSA) is 75.1 Å². The molecule has 0 atom stereocenters. The van der Waals surface area contributed by atoms with Crippen LogP contribution in [-0.4, -0.2) is 21.0 Å². The number of aryl methyl sites for hydroxylation is 2. The van der Waals surface area contributed by atoms with Crippen LogP contribution in [0.1, 0.15) is 25.7 Å². The number of anilines is 1. The lowest BCUT2D eigenvalue weighted by Crippen LogP contribution is -2.02. The molecule has 0 aliphatic heterocycles. The van der Waals surface area contributed by atoms with Crippen molar-refractivity contribution in [2.75, 3.05) is 5.32 Å². The smallest absolute Gasteiger partial charge is 0.346 e. The fraction of sp³-hybridized carbons (Fsp3) is 0.214. The molecule has 7 heteroatoms. The van der Waals surface area contributed by atoms with Gasteiger partial charge in [-0.3, -0.25) is 0 Å². The van der Waals surface area contributed by atoms with Crippen molar-refractivity contribution in [2.45, 2.75) is 20.4 Å². The zero-order chi connectivity index (χ0) is 15.0. The van der Waals surface area contributed by atoms with Gasteiger partial charge in [0.05, 0.1) is 11.9 Å². The van der Waals surface area contributed by atoms with Crippen molar-refractivity contribution in [1.82, 2.24) is 9.97 Å². The van der Waals surface area contributed by atoms with E-state index in [0.717, 1.165) is 5.39 Å². The van der Waals surface area contributed by atoms with Crippen LogP contribution in [-0.2, 0) is 6.54 Å². The third-order valence-corrected chi connectivity index (χ3v) is 5.52. The molecule has 3 aromatic heterocycles. The largest absolute Gasteiger partial charge is 0.477 e. The minimum atomic E-state index is -0.921. The van der Waals surface area contributed by atoms with Gasteiger partial charge in [-0.05, 0) is 36.4 Å². The monoisotopic (exact) mass is 319 g/mol. The molecule has 0 aromatic carbocycles. The van der Waals surface area contributed by atoms with Gasteiger partial charge in [-0.25, -0.2) is 14.8 Å². The molecule has 0 radical (unpaired) electrons. The number of carbonyl (C=O) groups is 1. The number of fused-ring (bicyclic) bond motifs is 1. The van der Waals surface area contributed by atoms with Gasteiger partial charge in [-0.1, -0.05) is 0 Å². The summed E-state index contributed by atoms with van der Waals surface area (Å²) in [4.78, 5) is 21.9. The van der Waals surface area contributed by atoms with E-state index in [1.165, 1.54) is 28.1 Å². The number of hydrogen-bond acceptors (Lipinski definition) is 6. The first-order chi connectivity index (χ1) is 10.1. The molecule has 21 heavy (non-hydrogen) atoms. The summed E-state index contributed by atoms with van der Waals surface area (Å²) in [6, 6.07) is 2.08. The maximum absolute atomic E-state index is 11.2. The molecular weight excluding hydrogens is 306 g/mol. The van der Waals surface area contributed by atoms with Crippen LogP contribution in [0.25, 0.3) is 10.2 Å². The predicted octanol–water partition coefficient (Wildman–Crippen LogP) is 3.68. The molecule has 3 aromatic rings. The summed E-state index contributed by atoms with van der Waals surface area (Å²) in [7, 11) is 0. The Bertz CT molecular complexity index is 823. The van der Waals surface area contributed by atoms with Crippen molar-refractivity contribution < 1.29 is 9.90 Å². The Morgan fingerprint density at radius 1 is 1.38 bits per heavy atom.